The lowest BCUT2D eigenvalue weighted by Crippen LogP contribution is -2.00. The molecule has 0 amide bonds. The number of hydrogen-bond donors (Lipinski definition) is 1. The summed E-state index contributed by atoms with van der Waals surface area (Å²) < 4.78 is 1.99. The summed E-state index contributed by atoms with van der Waals surface area (Å²) in [6, 6.07) is 0. The molecule has 0 bridgehead atoms. The molecular weight excluding hydrogens is 276 g/mol. The number of rotatable bonds is 2. The standard InChI is InChI=1S/C16H18N6/c1-10-6-18-7-13(21-10)22-8-12(11-4-2-3-5-11)14-15(17)19-9-20-16(14)22/h6-9,11H,2-5H2,1H3,(H2,17,19,20). The van der Waals surface area contributed by atoms with E-state index in [-0.39, 0.29) is 0 Å². The Balaban J connectivity index is 1.97. The number of anilines is 1. The second-order valence-corrected chi connectivity index (χ2v) is 5.91. The molecule has 0 atom stereocenters. The van der Waals surface area contributed by atoms with E-state index in [4.69, 9.17) is 5.73 Å². The molecule has 0 aromatic carbocycles. The van der Waals surface area contributed by atoms with Crippen molar-refractivity contribution in [2.45, 2.75) is 38.5 Å². The van der Waals surface area contributed by atoms with Gasteiger partial charge < -0.3 is 5.73 Å². The van der Waals surface area contributed by atoms with E-state index in [1.54, 1.807) is 12.4 Å². The molecule has 0 saturated heterocycles. The summed E-state index contributed by atoms with van der Waals surface area (Å²) in [5.74, 6) is 1.86. The van der Waals surface area contributed by atoms with Gasteiger partial charge in [0.25, 0.3) is 0 Å². The normalized spacial score (nSPS) is 15.7. The van der Waals surface area contributed by atoms with Crippen LogP contribution < -0.4 is 5.73 Å². The molecule has 0 spiro atoms. The molecule has 1 fully saturated rings. The summed E-state index contributed by atoms with van der Waals surface area (Å²) in [6.07, 6.45) is 12.1. The molecule has 0 unspecified atom stereocenters. The van der Waals surface area contributed by atoms with E-state index in [1.165, 1.54) is 37.6 Å². The number of aromatic nitrogens is 5. The Kier molecular flexibility index (Phi) is 3.03. The lowest BCUT2D eigenvalue weighted by atomic mass is 9.98. The van der Waals surface area contributed by atoms with Crippen LogP contribution in [0, 0.1) is 6.92 Å². The van der Waals surface area contributed by atoms with Gasteiger partial charge in [0.15, 0.2) is 11.5 Å². The second kappa shape index (κ2) is 5.05. The highest BCUT2D eigenvalue weighted by Crippen LogP contribution is 2.40. The lowest BCUT2D eigenvalue weighted by molar-refractivity contribution is 0.726. The summed E-state index contributed by atoms with van der Waals surface area (Å²) in [7, 11) is 0. The van der Waals surface area contributed by atoms with Crippen molar-refractivity contribution in [3.63, 3.8) is 0 Å². The van der Waals surface area contributed by atoms with Gasteiger partial charge in [0.2, 0.25) is 0 Å². The van der Waals surface area contributed by atoms with Gasteiger partial charge in [0.05, 0.1) is 17.3 Å². The molecule has 1 saturated carbocycles. The molecule has 2 N–H and O–H groups in total. The molecule has 22 heavy (non-hydrogen) atoms. The van der Waals surface area contributed by atoms with Gasteiger partial charge in [-0.05, 0) is 31.2 Å². The lowest BCUT2D eigenvalue weighted by Gasteiger charge is -2.07. The molecule has 0 aliphatic heterocycles. The van der Waals surface area contributed by atoms with Crippen LogP contribution in [0.15, 0.2) is 24.9 Å². The number of hydrogen-bond acceptors (Lipinski definition) is 5. The molecular formula is C16H18N6. The number of nitrogens with zero attached hydrogens (tertiary/aromatic N) is 5. The van der Waals surface area contributed by atoms with Gasteiger partial charge in [-0.1, -0.05) is 12.8 Å². The molecule has 4 rings (SSSR count). The quantitative estimate of drug-likeness (QED) is 0.785. The molecule has 6 nitrogen and oxygen atoms in total. The van der Waals surface area contributed by atoms with E-state index in [2.05, 4.69) is 26.1 Å². The molecule has 0 radical (unpaired) electrons. The summed E-state index contributed by atoms with van der Waals surface area (Å²) in [5, 5.41) is 0.970. The predicted octanol–water partition coefficient (Wildman–Crippen LogP) is 2.76. The van der Waals surface area contributed by atoms with Crippen molar-refractivity contribution in [3.05, 3.63) is 36.2 Å². The van der Waals surface area contributed by atoms with Gasteiger partial charge in [0.1, 0.15) is 12.1 Å². The Morgan fingerprint density at radius 1 is 1.18 bits per heavy atom. The van der Waals surface area contributed by atoms with Crippen LogP contribution in [0.2, 0.25) is 0 Å². The van der Waals surface area contributed by atoms with Crippen molar-refractivity contribution in [2.24, 2.45) is 0 Å². The Morgan fingerprint density at radius 2 is 2.00 bits per heavy atom. The van der Waals surface area contributed by atoms with Gasteiger partial charge >= 0.3 is 0 Å². The molecule has 3 aromatic heterocycles. The van der Waals surface area contributed by atoms with Crippen LogP contribution in [0.3, 0.4) is 0 Å². The van der Waals surface area contributed by atoms with Crippen LogP contribution in [0.4, 0.5) is 5.82 Å². The zero-order valence-electron chi connectivity index (χ0n) is 12.5. The third kappa shape index (κ3) is 2.03. The fraction of sp³-hybridized carbons (Fsp3) is 0.375. The van der Waals surface area contributed by atoms with Crippen LogP contribution >= 0.6 is 0 Å². The van der Waals surface area contributed by atoms with Crippen molar-refractivity contribution in [3.8, 4) is 5.82 Å². The van der Waals surface area contributed by atoms with Crippen LogP contribution in [0.1, 0.15) is 42.9 Å². The van der Waals surface area contributed by atoms with Gasteiger partial charge in [-0.15, -0.1) is 0 Å². The maximum atomic E-state index is 6.15. The highest BCUT2D eigenvalue weighted by Gasteiger charge is 2.24. The fourth-order valence-electron chi connectivity index (χ4n) is 3.40. The minimum Gasteiger partial charge on any atom is -0.383 e. The molecule has 1 aliphatic rings. The highest BCUT2D eigenvalue weighted by molar-refractivity contribution is 5.91. The van der Waals surface area contributed by atoms with Crippen LogP contribution in [-0.2, 0) is 0 Å². The number of fused-ring (bicyclic) bond motifs is 1. The molecule has 112 valence electrons. The first-order valence-electron chi connectivity index (χ1n) is 7.64. The average Bonchev–Trinajstić information content (AvgIpc) is 3.15. The monoisotopic (exact) mass is 294 g/mol. The number of aryl methyl sites for hydroxylation is 1. The minimum atomic E-state index is 0.537. The fourth-order valence-corrected chi connectivity index (χ4v) is 3.40. The number of nitrogens with two attached hydrogens (primary N) is 1. The van der Waals surface area contributed by atoms with Crippen LogP contribution in [-0.4, -0.2) is 24.5 Å². The Hall–Kier alpha value is -2.50. The predicted molar refractivity (Wildman–Crippen MR) is 84.8 cm³/mol. The van der Waals surface area contributed by atoms with E-state index in [0.29, 0.717) is 11.7 Å². The second-order valence-electron chi connectivity index (χ2n) is 5.91. The maximum absolute atomic E-state index is 6.15. The first-order chi connectivity index (χ1) is 10.7. The maximum Gasteiger partial charge on any atom is 0.157 e. The topological polar surface area (TPSA) is 82.5 Å². The summed E-state index contributed by atoms with van der Waals surface area (Å²) in [5.41, 5.74) is 9.08. The van der Waals surface area contributed by atoms with Gasteiger partial charge in [-0.25, -0.2) is 15.0 Å². The molecule has 6 heteroatoms. The number of nitrogen functional groups attached to an aromatic ring is 1. The smallest absolute Gasteiger partial charge is 0.157 e. The van der Waals surface area contributed by atoms with E-state index in [1.807, 2.05) is 11.5 Å². The van der Waals surface area contributed by atoms with E-state index >= 15 is 0 Å². The first kappa shape index (κ1) is 13.2. The highest BCUT2D eigenvalue weighted by atomic mass is 15.1. The molecule has 3 heterocycles. The summed E-state index contributed by atoms with van der Waals surface area (Å²) in [4.78, 5) is 17.4. The minimum absolute atomic E-state index is 0.537. The molecule has 1 aliphatic carbocycles. The van der Waals surface area contributed by atoms with Gasteiger partial charge in [0, 0.05) is 12.4 Å². The first-order valence-corrected chi connectivity index (χ1v) is 7.64. The molecule has 3 aromatic rings. The third-order valence-electron chi connectivity index (χ3n) is 4.43. The van der Waals surface area contributed by atoms with Crippen LogP contribution in [0.25, 0.3) is 16.9 Å². The average molecular weight is 294 g/mol. The van der Waals surface area contributed by atoms with E-state index < -0.39 is 0 Å². The van der Waals surface area contributed by atoms with Gasteiger partial charge in [-0.2, -0.15) is 0 Å². The van der Waals surface area contributed by atoms with Crippen molar-refractivity contribution < 1.29 is 0 Å². The summed E-state index contributed by atoms with van der Waals surface area (Å²) in [6.45, 7) is 1.93. The Labute approximate surface area is 128 Å². The largest absolute Gasteiger partial charge is 0.383 e. The Bertz CT molecular complexity index is 832. The summed E-state index contributed by atoms with van der Waals surface area (Å²) >= 11 is 0. The van der Waals surface area contributed by atoms with Crippen LogP contribution in [0.5, 0.6) is 0 Å². The zero-order valence-corrected chi connectivity index (χ0v) is 12.5. The third-order valence-corrected chi connectivity index (χ3v) is 4.43. The van der Waals surface area contributed by atoms with Crippen molar-refractivity contribution in [1.82, 2.24) is 24.5 Å². The SMILES string of the molecule is Cc1cncc(-n2cc(C3CCCC3)c3c(N)ncnc32)n1. The van der Waals surface area contributed by atoms with Crippen molar-refractivity contribution in [1.29, 1.82) is 0 Å². The van der Waals surface area contributed by atoms with Gasteiger partial charge in [-0.3, -0.25) is 9.55 Å². The van der Waals surface area contributed by atoms with E-state index in [0.717, 1.165) is 22.5 Å². The van der Waals surface area contributed by atoms with E-state index in [9.17, 15) is 0 Å². The Morgan fingerprint density at radius 3 is 2.77 bits per heavy atom. The van der Waals surface area contributed by atoms with Crippen molar-refractivity contribution >= 4 is 16.9 Å². The van der Waals surface area contributed by atoms with Crippen molar-refractivity contribution in [2.75, 3.05) is 5.73 Å². The zero-order chi connectivity index (χ0) is 15.1.